The number of aliphatic carboxylic acids is 1. The van der Waals surface area contributed by atoms with Gasteiger partial charge >= 0.3 is 12.1 Å². The van der Waals surface area contributed by atoms with E-state index >= 15 is 0 Å². The van der Waals surface area contributed by atoms with Crippen molar-refractivity contribution in [2.24, 2.45) is 27.7 Å². The summed E-state index contributed by atoms with van der Waals surface area (Å²) < 4.78 is 44.6. The van der Waals surface area contributed by atoms with E-state index in [0.717, 1.165) is 10.9 Å². The number of nitrogens with zero attached hydrogens (tertiary/aromatic N) is 4. The Kier molecular flexibility index (Phi) is 7.65. The molecule has 3 saturated carbocycles. The standard InChI is InChI=1S/C29H35Cl2F3N4O4/c1-15-28(31,11-16(30)12-35-15)22(39)14-37(18-9-20-21(10-18)26(20,2)3)24(40)19-13-36-38(23(19)29(32,33)34)17-5-7-27(4,8-6-17)25(41)42/h11-13,15,17-18,20-21H,5-10,14H2,1-4H3,(H,41,42)/t15?,17?,18?,20-,21+,27?,28?. The summed E-state index contributed by atoms with van der Waals surface area (Å²) in [5.74, 6) is -1.89. The maximum absolute atomic E-state index is 14.6. The maximum atomic E-state index is 14.6. The summed E-state index contributed by atoms with van der Waals surface area (Å²) in [6.45, 7) is 6.97. The number of amides is 1. The highest BCUT2D eigenvalue weighted by Gasteiger charge is 2.63. The van der Waals surface area contributed by atoms with Crippen LogP contribution in [0.15, 0.2) is 22.3 Å². The molecule has 13 heteroatoms. The Morgan fingerprint density at radius 3 is 2.29 bits per heavy atom. The summed E-state index contributed by atoms with van der Waals surface area (Å²) in [6, 6.07) is -1.86. The molecule has 1 aromatic heterocycles. The second-order valence-corrected chi connectivity index (χ2v) is 14.3. The first kappa shape index (κ1) is 31.0. The number of hydrogen-bond acceptors (Lipinski definition) is 5. The van der Waals surface area contributed by atoms with Crippen LogP contribution in [0.25, 0.3) is 0 Å². The third-order valence-corrected chi connectivity index (χ3v) is 11.2. The van der Waals surface area contributed by atoms with Gasteiger partial charge in [0.25, 0.3) is 5.91 Å². The van der Waals surface area contributed by atoms with Crippen molar-refractivity contribution >= 4 is 47.1 Å². The van der Waals surface area contributed by atoms with Crippen molar-refractivity contribution in [1.29, 1.82) is 0 Å². The van der Waals surface area contributed by atoms with Crippen LogP contribution >= 0.6 is 23.2 Å². The molecule has 4 aliphatic rings. The molecule has 0 bridgehead atoms. The van der Waals surface area contributed by atoms with E-state index in [1.807, 2.05) is 0 Å². The smallest absolute Gasteiger partial charge is 0.433 e. The molecule has 3 unspecified atom stereocenters. The largest absolute Gasteiger partial charge is 0.481 e. The molecule has 3 fully saturated rings. The molecule has 8 nitrogen and oxygen atoms in total. The van der Waals surface area contributed by atoms with Gasteiger partial charge in [-0.25, -0.2) is 0 Å². The Morgan fingerprint density at radius 1 is 1.14 bits per heavy atom. The molecule has 0 aromatic carbocycles. The fraction of sp³-hybridized carbons (Fsp3) is 0.690. The molecule has 1 amide bonds. The lowest BCUT2D eigenvalue weighted by atomic mass is 9.74. The van der Waals surface area contributed by atoms with Gasteiger partial charge in [-0.1, -0.05) is 25.4 Å². The predicted octanol–water partition coefficient (Wildman–Crippen LogP) is 6.13. The van der Waals surface area contributed by atoms with Crippen molar-refractivity contribution in [3.63, 3.8) is 0 Å². The number of carboxylic acid groups (broad SMARTS) is 1. The van der Waals surface area contributed by atoms with E-state index in [2.05, 4.69) is 23.9 Å². The average molecular weight is 632 g/mol. The minimum atomic E-state index is -4.92. The lowest BCUT2D eigenvalue weighted by Gasteiger charge is -2.36. The number of dihydropyridines is 1. The zero-order valence-corrected chi connectivity index (χ0v) is 25.4. The van der Waals surface area contributed by atoms with E-state index in [1.54, 1.807) is 13.8 Å². The highest BCUT2D eigenvalue weighted by atomic mass is 35.5. The van der Waals surface area contributed by atoms with Crippen molar-refractivity contribution in [3.8, 4) is 0 Å². The van der Waals surface area contributed by atoms with Crippen molar-refractivity contribution in [3.05, 3.63) is 28.6 Å². The number of ketones is 1. The molecule has 3 aliphatic carbocycles. The lowest BCUT2D eigenvalue weighted by molar-refractivity contribution is -0.152. The Balaban J connectivity index is 1.47. The van der Waals surface area contributed by atoms with Crippen LogP contribution in [-0.2, 0) is 15.8 Å². The first-order chi connectivity index (χ1) is 19.4. The Bertz CT molecular complexity index is 1350. The number of carboxylic acids is 1. The number of aliphatic imine (C=N–C) groups is 1. The maximum Gasteiger partial charge on any atom is 0.433 e. The van der Waals surface area contributed by atoms with E-state index < -0.39 is 70.1 Å². The first-order valence-electron chi connectivity index (χ1n) is 14.2. The van der Waals surface area contributed by atoms with Crippen LogP contribution < -0.4 is 0 Å². The van der Waals surface area contributed by atoms with Gasteiger partial charge in [0, 0.05) is 12.3 Å². The minimum Gasteiger partial charge on any atom is -0.481 e. The van der Waals surface area contributed by atoms with Gasteiger partial charge in [-0.05, 0) is 75.7 Å². The molecule has 1 aromatic rings. The zero-order valence-electron chi connectivity index (χ0n) is 23.9. The first-order valence-corrected chi connectivity index (χ1v) is 15.0. The number of Topliss-reactive ketones (excluding diaryl/α,β-unsaturated/α-hetero) is 1. The van der Waals surface area contributed by atoms with Gasteiger partial charge in [0.15, 0.2) is 11.5 Å². The normalized spacial score (nSPS) is 35.4. The second-order valence-electron chi connectivity index (χ2n) is 13.2. The van der Waals surface area contributed by atoms with E-state index in [1.165, 1.54) is 17.2 Å². The van der Waals surface area contributed by atoms with Crippen LogP contribution in [0.5, 0.6) is 0 Å². The number of alkyl halides is 4. The molecule has 5 rings (SSSR count). The Hall–Kier alpha value is -2.40. The van der Waals surface area contributed by atoms with Crippen molar-refractivity contribution in [2.45, 2.75) is 95.4 Å². The summed E-state index contributed by atoms with van der Waals surface area (Å²) in [5, 5.41) is 13.7. The number of hydrogen-bond donors (Lipinski definition) is 1. The molecule has 0 saturated heterocycles. The van der Waals surface area contributed by atoms with Crippen LogP contribution in [0, 0.1) is 22.7 Å². The van der Waals surface area contributed by atoms with Gasteiger partial charge < -0.3 is 10.0 Å². The van der Waals surface area contributed by atoms with Gasteiger partial charge in [0.05, 0.1) is 40.8 Å². The van der Waals surface area contributed by atoms with Crippen LogP contribution in [0.3, 0.4) is 0 Å². The number of halogens is 5. The molecular weight excluding hydrogens is 596 g/mol. The molecule has 1 aliphatic heterocycles. The number of carbonyl (C=O) groups is 3. The number of carbonyl (C=O) groups excluding carboxylic acids is 2. The summed E-state index contributed by atoms with van der Waals surface area (Å²) in [5.41, 5.74) is -2.76. The van der Waals surface area contributed by atoms with Gasteiger partial charge in [0.2, 0.25) is 0 Å². The predicted molar refractivity (Wildman–Crippen MR) is 151 cm³/mol. The van der Waals surface area contributed by atoms with Crippen molar-refractivity contribution in [1.82, 2.24) is 14.7 Å². The lowest BCUT2D eigenvalue weighted by Crippen LogP contribution is -2.51. The van der Waals surface area contributed by atoms with Crippen LogP contribution in [0.1, 0.15) is 88.3 Å². The van der Waals surface area contributed by atoms with Crippen LogP contribution in [0.2, 0.25) is 0 Å². The second kappa shape index (κ2) is 10.4. The summed E-state index contributed by atoms with van der Waals surface area (Å²) in [7, 11) is 0. The molecule has 0 radical (unpaired) electrons. The Morgan fingerprint density at radius 2 is 1.74 bits per heavy atom. The zero-order chi connectivity index (χ0) is 31.0. The van der Waals surface area contributed by atoms with Gasteiger partial charge in [-0.2, -0.15) is 18.3 Å². The van der Waals surface area contributed by atoms with E-state index in [0.29, 0.717) is 24.7 Å². The number of fused-ring (bicyclic) bond motifs is 1. The average Bonchev–Trinajstić information content (AvgIpc) is 3.33. The molecule has 0 spiro atoms. The SMILES string of the molecule is CC1N=CC(Cl)=CC1(Cl)C(=O)CN(C(=O)c1cnn(C2CCC(C)(C(=O)O)CC2)c1C(F)(F)F)C1C[C@@H]2[C@H](C1)C2(C)C. The monoisotopic (exact) mass is 630 g/mol. The van der Waals surface area contributed by atoms with E-state index in [4.69, 9.17) is 23.2 Å². The summed E-state index contributed by atoms with van der Waals surface area (Å²) >= 11 is 12.8. The number of allylic oxidation sites excluding steroid dienone is 1. The Labute approximate surface area is 252 Å². The van der Waals surface area contributed by atoms with Crippen molar-refractivity contribution < 1.29 is 32.7 Å². The summed E-state index contributed by atoms with van der Waals surface area (Å²) in [4.78, 5) is 43.1. The molecule has 42 heavy (non-hydrogen) atoms. The van der Waals surface area contributed by atoms with Gasteiger partial charge in [0.1, 0.15) is 4.87 Å². The third kappa shape index (κ3) is 5.18. The van der Waals surface area contributed by atoms with E-state index in [-0.39, 0.29) is 36.1 Å². The molecular formula is C29H35Cl2F3N4O4. The highest BCUT2D eigenvalue weighted by Crippen LogP contribution is 2.67. The fourth-order valence-electron chi connectivity index (χ4n) is 7.27. The van der Waals surface area contributed by atoms with Gasteiger partial charge in [-0.15, -0.1) is 11.6 Å². The minimum absolute atomic E-state index is 0.0826. The molecule has 5 atom stereocenters. The number of aromatic nitrogens is 2. The van der Waals surface area contributed by atoms with Crippen LogP contribution in [-0.4, -0.2) is 67.2 Å². The number of rotatable bonds is 7. The van der Waals surface area contributed by atoms with Crippen LogP contribution in [0.4, 0.5) is 13.2 Å². The molecule has 230 valence electrons. The summed E-state index contributed by atoms with van der Waals surface area (Å²) in [6.07, 6.45) is 0.604. The van der Waals surface area contributed by atoms with Gasteiger partial charge in [-0.3, -0.25) is 24.1 Å². The third-order valence-electron chi connectivity index (χ3n) is 10.4. The highest BCUT2D eigenvalue weighted by molar-refractivity contribution is 6.44. The molecule has 1 N–H and O–H groups in total. The quantitative estimate of drug-likeness (QED) is 0.365. The van der Waals surface area contributed by atoms with E-state index in [9.17, 15) is 32.7 Å². The fourth-order valence-corrected chi connectivity index (χ4v) is 7.79. The van der Waals surface area contributed by atoms with Crippen molar-refractivity contribution in [2.75, 3.05) is 6.54 Å². The topological polar surface area (TPSA) is 105 Å². The molecule has 2 heterocycles.